The number of piperazine rings is 1. The summed E-state index contributed by atoms with van der Waals surface area (Å²) in [6, 6.07) is 14.7. The number of likely N-dealkylation sites (N-methyl/N-ethyl adjacent to an activating group) is 1. The van der Waals surface area contributed by atoms with Crippen molar-refractivity contribution >= 4 is 28.7 Å². The highest BCUT2D eigenvalue weighted by atomic mass is 16.4. The highest BCUT2D eigenvalue weighted by molar-refractivity contribution is 5.97. The highest BCUT2D eigenvalue weighted by Crippen LogP contribution is 2.23. The molecule has 0 unspecified atom stereocenters. The minimum atomic E-state index is -0.737. The summed E-state index contributed by atoms with van der Waals surface area (Å²) in [5.41, 5.74) is 2.60. The summed E-state index contributed by atoms with van der Waals surface area (Å²) in [7, 11) is 1.90. The molecular weight excluding hydrogens is 396 g/mol. The van der Waals surface area contributed by atoms with Crippen molar-refractivity contribution in [1.29, 1.82) is 0 Å². The lowest BCUT2D eigenvalue weighted by Crippen LogP contribution is -2.48. The minimum Gasteiger partial charge on any atom is -0.407 e. The van der Waals surface area contributed by atoms with E-state index in [-0.39, 0.29) is 11.5 Å². The molecule has 1 aromatic heterocycles. The Hall–Kier alpha value is -3.39. The molecule has 1 N–H and O–H groups in total. The Labute approximate surface area is 180 Å². The monoisotopic (exact) mass is 422 g/mol. The van der Waals surface area contributed by atoms with Gasteiger partial charge in [0.05, 0.1) is 6.54 Å². The number of amides is 2. The van der Waals surface area contributed by atoms with E-state index in [1.165, 1.54) is 5.56 Å². The van der Waals surface area contributed by atoms with Gasteiger partial charge in [-0.2, -0.15) is 4.57 Å². The zero-order valence-electron chi connectivity index (χ0n) is 17.5. The number of benzene rings is 2. The van der Waals surface area contributed by atoms with Crippen LogP contribution in [-0.4, -0.2) is 54.6 Å². The largest absolute Gasteiger partial charge is 0.428 e. The predicted octanol–water partition coefficient (Wildman–Crippen LogP) is 2.45. The molecule has 3 aromatic rings. The maximum Gasteiger partial charge on any atom is 0.428 e. The number of aryl methyl sites for hydroxylation is 1. The molecule has 2 aromatic carbocycles. The van der Waals surface area contributed by atoms with Gasteiger partial charge < -0.3 is 14.6 Å². The van der Waals surface area contributed by atoms with Crippen molar-refractivity contribution in [3.8, 4) is 0 Å². The summed E-state index contributed by atoms with van der Waals surface area (Å²) in [6.45, 7) is 2.14. The van der Waals surface area contributed by atoms with Crippen LogP contribution in [0.1, 0.15) is 18.4 Å². The van der Waals surface area contributed by atoms with Gasteiger partial charge in [-0.15, -0.1) is 0 Å². The second-order valence-corrected chi connectivity index (χ2v) is 7.81. The number of hydrogen-bond donors (Lipinski definition) is 1. The lowest BCUT2D eigenvalue weighted by molar-refractivity contribution is -0.120. The van der Waals surface area contributed by atoms with Crippen LogP contribution >= 0.6 is 0 Å². The molecule has 0 saturated carbocycles. The van der Waals surface area contributed by atoms with Gasteiger partial charge in [0.15, 0.2) is 5.58 Å². The standard InChI is InChI=1S/C23H26N4O4/c1-25-13-14-26(21(28)16-25)18-10-11-19-20(15-18)31-23(30)27(19)22(29)24-12-6-5-9-17-7-3-2-4-8-17/h2-4,7-8,10-11,15H,5-6,9,12-14,16H2,1H3,(H,24,29). The summed E-state index contributed by atoms with van der Waals surface area (Å²) in [5, 5.41) is 2.79. The molecule has 0 aliphatic carbocycles. The first kappa shape index (κ1) is 20.9. The number of nitrogens with one attached hydrogen (secondary N) is 1. The van der Waals surface area contributed by atoms with E-state index in [0.717, 1.165) is 30.4 Å². The van der Waals surface area contributed by atoms with E-state index < -0.39 is 11.8 Å². The summed E-state index contributed by atoms with van der Waals surface area (Å²) in [4.78, 5) is 40.8. The van der Waals surface area contributed by atoms with Crippen molar-refractivity contribution in [2.24, 2.45) is 0 Å². The first-order chi connectivity index (χ1) is 15.0. The normalized spacial score (nSPS) is 14.9. The van der Waals surface area contributed by atoms with E-state index in [4.69, 9.17) is 4.42 Å². The zero-order valence-corrected chi connectivity index (χ0v) is 17.5. The van der Waals surface area contributed by atoms with Crippen LogP contribution in [0, 0.1) is 0 Å². The number of oxazole rings is 1. The van der Waals surface area contributed by atoms with Crippen molar-refractivity contribution in [3.63, 3.8) is 0 Å². The third-order valence-corrected chi connectivity index (χ3v) is 5.50. The molecule has 1 fully saturated rings. The fourth-order valence-electron chi connectivity index (χ4n) is 3.80. The van der Waals surface area contributed by atoms with Crippen LogP contribution < -0.4 is 16.0 Å². The third-order valence-electron chi connectivity index (χ3n) is 5.50. The minimum absolute atomic E-state index is 0.0110. The van der Waals surface area contributed by atoms with Gasteiger partial charge in [-0.25, -0.2) is 9.59 Å². The maximum atomic E-state index is 12.6. The number of anilines is 1. The number of hydrogen-bond acceptors (Lipinski definition) is 5. The average molecular weight is 422 g/mol. The van der Waals surface area contributed by atoms with E-state index in [2.05, 4.69) is 17.4 Å². The van der Waals surface area contributed by atoms with Crippen LogP contribution in [0.4, 0.5) is 10.5 Å². The van der Waals surface area contributed by atoms with Crippen LogP contribution in [0.15, 0.2) is 57.7 Å². The van der Waals surface area contributed by atoms with E-state index in [1.807, 2.05) is 30.1 Å². The van der Waals surface area contributed by atoms with Crippen LogP contribution in [-0.2, 0) is 11.2 Å². The van der Waals surface area contributed by atoms with Crippen LogP contribution in [0.5, 0.6) is 0 Å². The van der Waals surface area contributed by atoms with Gasteiger partial charge in [-0.1, -0.05) is 30.3 Å². The molecular formula is C23H26N4O4. The third kappa shape index (κ3) is 4.69. The summed E-state index contributed by atoms with van der Waals surface area (Å²) < 4.78 is 6.29. The van der Waals surface area contributed by atoms with E-state index in [0.29, 0.717) is 30.8 Å². The van der Waals surface area contributed by atoms with Gasteiger partial charge >= 0.3 is 11.8 Å². The van der Waals surface area contributed by atoms with Gasteiger partial charge in [0.2, 0.25) is 5.91 Å². The molecule has 1 saturated heterocycles. The Morgan fingerprint density at radius 3 is 2.65 bits per heavy atom. The van der Waals surface area contributed by atoms with Gasteiger partial charge in [-0.3, -0.25) is 9.69 Å². The fraction of sp³-hybridized carbons (Fsp3) is 0.348. The molecule has 31 heavy (non-hydrogen) atoms. The number of unbranched alkanes of at least 4 members (excludes halogenated alkanes) is 1. The van der Waals surface area contributed by atoms with Gasteiger partial charge in [0.1, 0.15) is 5.52 Å². The van der Waals surface area contributed by atoms with Gasteiger partial charge in [0, 0.05) is 31.4 Å². The van der Waals surface area contributed by atoms with E-state index in [1.54, 1.807) is 23.1 Å². The molecule has 2 heterocycles. The molecule has 2 amide bonds. The van der Waals surface area contributed by atoms with Crippen LogP contribution in [0.2, 0.25) is 0 Å². The second-order valence-electron chi connectivity index (χ2n) is 7.81. The van der Waals surface area contributed by atoms with Crippen molar-refractivity contribution in [3.05, 3.63) is 64.6 Å². The molecule has 162 valence electrons. The molecule has 0 bridgehead atoms. The lowest BCUT2D eigenvalue weighted by Gasteiger charge is -2.32. The molecule has 0 atom stereocenters. The number of nitrogens with zero attached hydrogens (tertiary/aromatic N) is 3. The Bertz CT molecular complexity index is 1140. The van der Waals surface area contributed by atoms with Gasteiger partial charge in [-0.05, 0) is 44.0 Å². The first-order valence-corrected chi connectivity index (χ1v) is 10.5. The molecule has 4 rings (SSSR count). The quantitative estimate of drug-likeness (QED) is 0.617. The molecule has 8 heteroatoms. The van der Waals surface area contributed by atoms with Crippen molar-refractivity contribution < 1.29 is 14.0 Å². The topological polar surface area (TPSA) is 87.8 Å². The Morgan fingerprint density at radius 2 is 1.87 bits per heavy atom. The SMILES string of the molecule is CN1CCN(c2ccc3c(c2)oc(=O)n3C(=O)NCCCCc2ccccc2)C(=O)C1. The average Bonchev–Trinajstić information content (AvgIpc) is 3.09. The number of aromatic nitrogens is 1. The lowest BCUT2D eigenvalue weighted by atomic mass is 10.1. The van der Waals surface area contributed by atoms with Crippen molar-refractivity contribution in [2.45, 2.75) is 19.3 Å². The Balaban J connectivity index is 1.39. The van der Waals surface area contributed by atoms with E-state index in [9.17, 15) is 14.4 Å². The maximum absolute atomic E-state index is 12.6. The molecule has 1 aliphatic heterocycles. The first-order valence-electron chi connectivity index (χ1n) is 10.5. The molecule has 1 aliphatic rings. The van der Waals surface area contributed by atoms with Crippen LogP contribution in [0.3, 0.4) is 0 Å². The summed E-state index contributed by atoms with van der Waals surface area (Å²) in [6.07, 6.45) is 2.69. The summed E-state index contributed by atoms with van der Waals surface area (Å²) in [5.74, 6) is -0.748. The molecule has 0 spiro atoms. The number of carbonyl (C=O) groups excluding carboxylic acids is 2. The fourth-order valence-corrected chi connectivity index (χ4v) is 3.80. The van der Waals surface area contributed by atoms with Crippen molar-refractivity contribution in [2.75, 3.05) is 38.1 Å². The Kier molecular flexibility index (Phi) is 6.18. The number of fused-ring (bicyclic) bond motifs is 1. The van der Waals surface area contributed by atoms with E-state index >= 15 is 0 Å². The highest BCUT2D eigenvalue weighted by Gasteiger charge is 2.24. The smallest absolute Gasteiger partial charge is 0.407 e. The number of rotatable bonds is 6. The molecule has 0 radical (unpaired) electrons. The molecule has 8 nitrogen and oxygen atoms in total. The zero-order chi connectivity index (χ0) is 21.8. The second kappa shape index (κ2) is 9.18. The summed E-state index contributed by atoms with van der Waals surface area (Å²) >= 11 is 0. The van der Waals surface area contributed by atoms with Crippen LogP contribution in [0.25, 0.3) is 11.1 Å². The predicted molar refractivity (Wildman–Crippen MR) is 119 cm³/mol. The Morgan fingerprint density at radius 1 is 1.06 bits per heavy atom. The van der Waals surface area contributed by atoms with Crippen molar-refractivity contribution in [1.82, 2.24) is 14.8 Å². The number of carbonyl (C=O) groups is 2. The van der Waals surface area contributed by atoms with Gasteiger partial charge in [0.25, 0.3) is 0 Å².